The van der Waals surface area contributed by atoms with Crippen molar-refractivity contribution in [3.05, 3.63) is 34.9 Å². The highest BCUT2D eigenvalue weighted by atomic mass is 35.5. The second-order valence-electron chi connectivity index (χ2n) is 6.01. The number of rotatable bonds is 3. The molecule has 2 amide bonds. The van der Waals surface area contributed by atoms with Crippen LogP contribution < -0.4 is 5.32 Å². The van der Waals surface area contributed by atoms with Gasteiger partial charge in [-0.3, -0.25) is 9.59 Å². The molecule has 4 nitrogen and oxygen atoms in total. The number of carbonyl (C=O) groups excluding carboxylic acids is 2. The van der Waals surface area contributed by atoms with E-state index in [1.807, 2.05) is 24.3 Å². The zero-order valence-corrected chi connectivity index (χ0v) is 12.7. The van der Waals surface area contributed by atoms with E-state index >= 15 is 0 Å². The minimum absolute atomic E-state index is 0.0526. The first-order valence-electron chi connectivity index (χ1n) is 7.40. The molecule has 0 unspecified atom stereocenters. The van der Waals surface area contributed by atoms with Crippen LogP contribution in [0.3, 0.4) is 0 Å². The molecule has 5 heteroatoms. The summed E-state index contributed by atoms with van der Waals surface area (Å²) in [5.74, 6) is 0.0812. The van der Waals surface area contributed by atoms with E-state index in [2.05, 4.69) is 5.32 Å². The summed E-state index contributed by atoms with van der Waals surface area (Å²) in [7, 11) is 0. The van der Waals surface area contributed by atoms with Gasteiger partial charge in [0.05, 0.1) is 12.0 Å². The minimum Gasteiger partial charge on any atom is -0.354 e. The second kappa shape index (κ2) is 5.68. The summed E-state index contributed by atoms with van der Waals surface area (Å²) < 4.78 is 0. The molecule has 1 aromatic carbocycles. The Morgan fingerprint density at radius 1 is 1.29 bits per heavy atom. The van der Waals surface area contributed by atoms with Gasteiger partial charge in [-0.2, -0.15) is 0 Å². The summed E-state index contributed by atoms with van der Waals surface area (Å²) in [5.41, 5.74) is 0.836. The van der Waals surface area contributed by atoms with Crippen LogP contribution in [0.1, 0.15) is 24.8 Å². The highest BCUT2D eigenvalue weighted by Gasteiger charge is 2.51. The molecule has 0 aromatic heterocycles. The van der Waals surface area contributed by atoms with E-state index in [0.29, 0.717) is 18.1 Å². The number of hydrogen-bond donors (Lipinski definition) is 1. The zero-order valence-electron chi connectivity index (χ0n) is 11.9. The van der Waals surface area contributed by atoms with Gasteiger partial charge in [0.15, 0.2) is 0 Å². The Balaban J connectivity index is 1.70. The van der Waals surface area contributed by atoms with E-state index in [4.69, 9.17) is 11.6 Å². The minimum atomic E-state index is -0.293. The van der Waals surface area contributed by atoms with Gasteiger partial charge < -0.3 is 10.2 Å². The first kappa shape index (κ1) is 14.4. The molecule has 2 aliphatic rings. The molecule has 2 fully saturated rings. The maximum Gasteiger partial charge on any atom is 0.239 e. The average molecular weight is 307 g/mol. The van der Waals surface area contributed by atoms with Crippen molar-refractivity contribution in [2.75, 3.05) is 19.6 Å². The summed E-state index contributed by atoms with van der Waals surface area (Å²) >= 11 is 5.90. The monoisotopic (exact) mass is 306 g/mol. The predicted molar refractivity (Wildman–Crippen MR) is 81.0 cm³/mol. The van der Waals surface area contributed by atoms with E-state index in [0.717, 1.165) is 31.2 Å². The molecule has 1 N–H and O–H groups in total. The van der Waals surface area contributed by atoms with Crippen molar-refractivity contribution in [2.45, 2.75) is 25.7 Å². The lowest BCUT2D eigenvalue weighted by Crippen LogP contribution is -2.42. The molecule has 1 saturated carbocycles. The average Bonchev–Trinajstić information content (AvgIpc) is 3.26. The van der Waals surface area contributed by atoms with Crippen molar-refractivity contribution < 1.29 is 9.59 Å². The third-order valence-electron chi connectivity index (χ3n) is 4.31. The molecule has 1 aromatic rings. The summed E-state index contributed by atoms with van der Waals surface area (Å²) in [4.78, 5) is 26.1. The Hall–Kier alpha value is -1.55. The smallest absolute Gasteiger partial charge is 0.239 e. The highest BCUT2D eigenvalue weighted by Crippen LogP contribution is 2.50. The van der Waals surface area contributed by atoms with Crippen LogP contribution in [0, 0.1) is 5.41 Å². The van der Waals surface area contributed by atoms with Gasteiger partial charge in [-0.05, 0) is 43.4 Å². The van der Waals surface area contributed by atoms with Crippen molar-refractivity contribution in [1.82, 2.24) is 10.2 Å². The van der Waals surface area contributed by atoms with Crippen molar-refractivity contribution >= 4 is 23.4 Å². The molecule has 21 heavy (non-hydrogen) atoms. The van der Waals surface area contributed by atoms with Crippen LogP contribution in [0.4, 0.5) is 0 Å². The number of benzene rings is 1. The highest BCUT2D eigenvalue weighted by molar-refractivity contribution is 6.30. The SMILES string of the molecule is O=C1CN(C(=O)C2(Cc3ccc(Cl)cc3)CC2)CCCN1. The normalized spacial score (nSPS) is 20.6. The van der Waals surface area contributed by atoms with Crippen LogP contribution in [0.2, 0.25) is 5.02 Å². The molecule has 1 saturated heterocycles. The second-order valence-corrected chi connectivity index (χ2v) is 6.45. The van der Waals surface area contributed by atoms with Gasteiger partial charge in [0.1, 0.15) is 0 Å². The molecular formula is C16H19ClN2O2. The van der Waals surface area contributed by atoms with Crippen molar-refractivity contribution in [2.24, 2.45) is 5.41 Å². The topological polar surface area (TPSA) is 49.4 Å². The summed E-state index contributed by atoms with van der Waals surface area (Å²) in [6.07, 6.45) is 3.38. The lowest BCUT2D eigenvalue weighted by molar-refractivity contribution is -0.139. The molecule has 0 spiro atoms. The first-order valence-corrected chi connectivity index (χ1v) is 7.77. The van der Waals surface area contributed by atoms with Gasteiger partial charge in [-0.25, -0.2) is 0 Å². The van der Waals surface area contributed by atoms with E-state index in [1.54, 1.807) is 4.90 Å². The van der Waals surface area contributed by atoms with Gasteiger partial charge >= 0.3 is 0 Å². The maximum atomic E-state index is 12.8. The van der Waals surface area contributed by atoms with Gasteiger partial charge in [0.25, 0.3) is 0 Å². The molecule has 1 aliphatic heterocycles. The van der Waals surface area contributed by atoms with E-state index < -0.39 is 0 Å². The first-order chi connectivity index (χ1) is 10.1. The Labute approximate surface area is 129 Å². The number of carbonyl (C=O) groups is 2. The van der Waals surface area contributed by atoms with Crippen LogP contribution in [-0.2, 0) is 16.0 Å². The van der Waals surface area contributed by atoms with E-state index in [9.17, 15) is 9.59 Å². The summed E-state index contributed by atoms with van der Waals surface area (Å²) in [5, 5.41) is 3.52. The van der Waals surface area contributed by atoms with Crippen molar-refractivity contribution in [3.8, 4) is 0 Å². The van der Waals surface area contributed by atoms with Gasteiger partial charge in [-0.1, -0.05) is 23.7 Å². The van der Waals surface area contributed by atoms with Crippen LogP contribution in [0.25, 0.3) is 0 Å². The van der Waals surface area contributed by atoms with Gasteiger partial charge in [0.2, 0.25) is 11.8 Å². The number of nitrogens with one attached hydrogen (secondary N) is 1. The number of halogens is 1. The summed E-state index contributed by atoms with van der Waals surface area (Å²) in [6.45, 7) is 1.52. The quantitative estimate of drug-likeness (QED) is 0.929. The van der Waals surface area contributed by atoms with Gasteiger partial charge in [0, 0.05) is 18.1 Å². The van der Waals surface area contributed by atoms with E-state index in [-0.39, 0.29) is 23.8 Å². The summed E-state index contributed by atoms with van der Waals surface area (Å²) in [6, 6.07) is 7.67. The standard InChI is InChI=1S/C16H19ClN2O2/c17-13-4-2-12(3-5-13)10-16(6-7-16)15(21)19-9-1-8-18-14(20)11-19/h2-5H,1,6-11H2,(H,18,20). The van der Waals surface area contributed by atoms with Crippen molar-refractivity contribution in [3.63, 3.8) is 0 Å². The molecule has 112 valence electrons. The number of hydrogen-bond acceptors (Lipinski definition) is 2. The Morgan fingerprint density at radius 3 is 2.67 bits per heavy atom. The zero-order chi connectivity index (χ0) is 14.9. The van der Waals surface area contributed by atoms with Crippen molar-refractivity contribution in [1.29, 1.82) is 0 Å². The number of amides is 2. The molecule has 3 rings (SSSR count). The fourth-order valence-electron chi connectivity index (χ4n) is 2.92. The molecule has 1 aliphatic carbocycles. The van der Waals surface area contributed by atoms with Crippen LogP contribution in [-0.4, -0.2) is 36.3 Å². The third kappa shape index (κ3) is 3.21. The van der Waals surface area contributed by atoms with E-state index in [1.165, 1.54) is 0 Å². The largest absolute Gasteiger partial charge is 0.354 e. The Kier molecular flexibility index (Phi) is 3.89. The van der Waals surface area contributed by atoms with Crippen LogP contribution in [0.15, 0.2) is 24.3 Å². The number of nitrogens with zero attached hydrogens (tertiary/aromatic N) is 1. The molecular weight excluding hydrogens is 288 g/mol. The van der Waals surface area contributed by atoms with Gasteiger partial charge in [-0.15, -0.1) is 0 Å². The third-order valence-corrected chi connectivity index (χ3v) is 4.56. The lowest BCUT2D eigenvalue weighted by Gasteiger charge is -2.25. The molecule has 0 atom stereocenters. The Bertz CT molecular complexity index is 552. The molecule has 1 heterocycles. The predicted octanol–water partition coefficient (Wildman–Crippen LogP) is 2.01. The molecule has 0 bridgehead atoms. The van der Waals surface area contributed by atoms with Crippen LogP contribution in [0.5, 0.6) is 0 Å². The van der Waals surface area contributed by atoms with Crippen LogP contribution >= 0.6 is 11.6 Å². The molecule has 0 radical (unpaired) electrons. The lowest BCUT2D eigenvalue weighted by atomic mass is 9.95. The Morgan fingerprint density at radius 2 is 2.00 bits per heavy atom. The maximum absolute atomic E-state index is 12.8. The fraction of sp³-hybridized carbons (Fsp3) is 0.500. The fourth-order valence-corrected chi connectivity index (χ4v) is 3.05.